The Hall–Kier alpha value is -2.92. The van der Waals surface area contributed by atoms with Crippen LogP contribution in [0.3, 0.4) is 0 Å². The fraction of sp³-hybridized carbons (Fsp3) is 0.476. The summed E-state index contributed by atoms with van der Waals surface area (Å²) >= 11 is 0. The van der Waals surface area contributed by atoms with Gasteiger partial charge in [-0.25, -0.2) is 8.78 Å². The van der Waals surface area contributed by atoms with Crippen LogP contribution in [0.2, 0.25) is 0 Å². The van der Waals surface area contributed by atoms with Crippen molar-refractivity contribution in [2.75, 3.05) is 0 Å². The molecule has 2 aliphatic carbocycles. The van der Waals surface area contributed by atoms with E-state index in [4.69, 9.17) is 5.41 Å². The van der Waals surface area contributed by atoms with Gasteiger partial charge in [-0.1, -0.05) is 6.92 Å². The molecule has 178 valence electrons. The molecular formula is C21H19F7N4O. The van der Waals surface area contributed by atoms with E-state index in [1.807, 2.05) is 0 Å². The number of fused-ring (bicyclic) bond motifs is 3. The topological polar surface area (TPSA) is 70.8 Å². The van der Waals surface area contributed by atoms with Gasteiger partial charge in [0.25, 0.3) is 5.92 Å². The summed E-state index contributed by atoms with van der Waals surface area (Å²) in [7, 11) is 0. The third kappa shape index (κ3) is 4.22. The van der Waals surface area contributed by atoms with Gasteiger partial charge in [-0.15, -0.1) is 0 Å². The van der Waals surface area contributed by atoms with E-state index in [0.29, 0.717) is 10.7 Å². The number of rotatable bonds is 7. The standard InChI is InChI=1S/C21H19F7N4O/c1-2-14(29)15(5-9-3-10(22)6-11(23)4-9)30-16(33)8-32-19-17(18(31-32)21(26,27)28)12-7-13(12)20(19,24)25/h3-4,6,12-13,15,29H,2,5,7-8H2,1H3,(H,30,33)/t12-,13?,15-/m0/s1. The number of amides is 1. The Kier molecular flexibility index (Phi) is 5.52. The summed E-state index contributed by atoms with van der Waals surface area (Å²) in [6.07, 6.45) is -5.02. The van der Waals surface area contributed by atoms with Crippen molar-refractivity contribution in [1.82, 2.24) is 15.1 Å². The van der Waals surface area contributed by atoms with Crippen LogP contribution >= 0.6 is 0 Å². The number of nitrogens with zero attached hydrogens (tertiary/aromatic N) is 2. The zero-order chi connectivity index (χ0) is 24.3. The number of alkyl halides is 5. The van der Waals surface area contributed by atoms with Crippen molar-refractivity contribution in [2.24, 2.45) is 5.92 Å². The van der Waals surface area contributed by atoms with Gasteiger partial charge in [0.15, 0.2) is 5.69 Å². The maximum absolute atomic E-state index is 14.6. The van der Waals surface area contributed by atoms with Crippen LogP contribution in [-0.4, -0.2) is 27.4 Å². The lowest BCUT2D eigenvalue weighted by atomic mass is 10.00. The molecule has 1 unspecified atom stereocenters. The molecule has 4 rings (SSSR count). The highest BCUT2D eigenvalue weighted by Gasteiger charge is 2.68. The smallest absolute Gasteiger partial charge is 0.346 e. The van der Waals surface area contributed by atoms with Crippen molar-refractivity contribution in [3.63, 3.8) is 0 Å². The maximum atomic E-state index is 14.6. The van der Waals surface area contributed by atoms with Gasteiger partial charge in [0, 0.05) is 23.3 Å². The van der Waals surface area contributed by atoms with E-state index in [-0.39, 0.29) is 30.5 Å². The zero-order valence-electron chi connectivity index (χ0n) is 17.2. The third-order valence-electron chi connectivity index (χ3n) is 5.99. The van der Waals surface area contributed by atoms with Crippen LogP contribution < -0.4 is 5.32 Å². The zero-order valence-corrected chi connectivity index (χ0v) is 17.2. The predicted molar refractivity (Wildman–Crippen MR) is 102 cm³/mol. The fourth-order valence-corrected chi connectivity index (χ4v) is 4.44. The molecule has 12 heteroatoms. The number of carbonyl (C=O) groups is 1. The lowest BCUT2D eigenvalue weighted by molar-refractivity contribution is -0.142. The summed E-state index contributed by atoms with van der Waals surface area (Å²) in [5.74, 6) is -8.37. The molecule has 0 aliphatic heterocycles. The molecule has 2 N–H and O–H groups in total. The minimum Gasteiger partial charge on any atom is -0.346 e. The normalized spacial score (nSPS) is 21.3. The van der Waals surface area contributed by atoms with Crippen LogP contribution in [0.4, 0.5) is 30.7 Å². The highest BCUT2D eigenvalue weighted by Crippen LogP contribution is 2.68. The van der Waals surface area contributed by atoms with Crippen molar-refractivity contribution in [3.8, 4) is 0 Å². The lowest BCUT2D eigenvalue weighted by Gasteiger charge is -2.21. The quantitative estimate of drug-likeness (QED) is 0.455. The number of benzene rings is 1. The Balaban J connectivity index is 1.57. The average Bonchev–Trinajstić information content (AvgIpc) is 3.34. The predicted octanol–water partition coefficient (Wildman–Crippen LogP) is 4.55. The van der Waals surface area contributed by atoms with Gasteiger partial charge in [0.05, 0.1) is 6.04 Å². The summed E-state index contributed by atoms with van der Waals surface area (Å²) in [5.41, 5.74) is -2.75. The van der Waals surface area contributed by atoms with E-state index in [0.717, 1.165) is 12.1 Å². The minimum atomic E-state index is -4.95. The molecule has 1 amide bonds. The first-order valence-corrected chi connectivity index (χ1v) is 10.2. The number of hydrogen-bond donors (Lipinski definition) is 2. The molecular weight excluding hydrogens is 457 g/mol. The van der Waals surface area contributed by atoms with Crippen LogP contribution in [0.5, 0.6) is 0 Å². The van der Waals surface area contributed by atoms with Gasteiger partial charge < -0.3 is 10.7 Å². The number of aromatic nitrogens is 2. The van der Waals surface area contributed by atoms with E-state index in [2.05, 4.69) is 10.4 Å². The van der Waals surface area contributed by atoms with E-state index >= 15 is 0 Å². The Bertz CT molecular complexity index is 1100. The molecule has 1 fully saturated rings. The molecule has 1 aromatic heterocycles. The Labute approximate surface area is 183 Å². The van der Waals surface area contributed by atoms with Crippen LogP contribution in [0.15, 0.2) is 18.2 Å². The second-order valence-corrected chi connectivity index (χ2v) is 8.32. The van der Waals surface area contributed by atoms with Crippen molar-refractivity contribution in [2.45, 2.75) is 56.8 Å². The summed E-state index contributed by atoms with van der Waals surface area (Å²) < 4.78 is 96.8. The fourth-order valence-electron chi connectivity index (χ4n) is 4.44. The van der Waals surface area contributed by atoms with Crippen molar-refractivity contribution < 1.29 is 35.5 Å². The molecule has 3 atom stereocenters. The molecule has 2 aliphatic rings. The van der Waals surface area contributed by atoms with Gasteiger partial charge >= 0.3 is 6.18 Å². The van der Waals surface area contributed by atoms with E-state index in [1.54, 1.807) is 6.92 Å². The van der Waals surface area contributed by atoms with E-state index in [9.17, 15) is 35.5 Å². The molecule has 33 heavy (non-hydrogen) atoms. The molecule has 2 aromatic rings. The van der Waals surface area contributed by atoms with Gasteiger partial charge in [-0.2, -0.15) is 27.1 Å². The lowest BCUT2D eigenvalue weighted by Crippen LogP contribution is -2.43. The van der Waals surface area contributed by atoms with Crippen molar-refractivity contribution in [1.29, 1.82) is 5.41 Å². The SMILES string of the molecule is CCC(=N)[C@H](Cc1cc(F)cc(F)c1)NC(=O)Cn1nc(C(F)(F)F)c2c1C(F)(F)C1C[C@H]21. The van der Waals surface area contributed by atoms with E-state index in [1.165, 1.54) is 0 Å². The van der Waals surface area contributed by atoms with Gasteiger partial charge in [-0.05, 0) is 42.9 Å². The van der Waals surface area contributed by atoms with Crippen molar-refractivity contribution in [3.05, 3.63) is 52.3 Å². The minimum absolute atomic E-state index is 0.0127. The van der Waals surface area contributed by atoms with E-state index < -0.39 is 71.0 Å². The molecule has 0 bridgehead atoms. The molecule has 1 saturated carbocycles. The molecule has 0 spiro atoms. The van der Waals surface area contributed by atoms with Gasteiger partial charge in [0.1, 0.15) is 23.9 Å². The summed E-state index contributed by atoms with van der Waals surface area (Å²) in [6.45, 7) is 0.689. The van der Waals surface area contributed by atoms with Crippen LogP contribution in [0.25, 0.3) is 0 Å². The van der Waals surface area contributed by atoms with Gasteiger partial charge in [-0.3, -0.25) is 9.48 Å². The number of hydrogen-bond acceptors (Lipinski definition) is 3. The first kappa shape index (κ1) is 23.2. The summed E-state index contributed by atoms with van der Waals surface area (Å²) in [4.78, 5) is 12.6. The molecule has 0 radical (unpaired) electrons. The first-order valence-electron chi connectivity index (χ1n) is 10.2. The highest BCUT2D eigenvalue weighted by atomic mass is 19.4. The molecule has 1 aromatic carbocycles. The number of halogens is 7. The Morgan fingerprint density at radius 1 is 1.27 bits per heavy atom. The summed E-state index contributed by atoms with van der Waals surface area (Å²) in [5, 5.41) is 13.7. The molecule has 5 nitrogen and oxygen atoms in total. The summed E-state index contributed by atoms with van der Waals surface area (Å²) in [6, 6.07) is 1.66. The second kappa shape index (κ2) is 7.84. The van der Waals surface area contributed by atoms with Crippen molar-refractivity contribution >= 4 is 11.6 Å². The molecule has 1 heterocycles. The Morgan fingerprint density at radius 2 is 1.91 bits per heavy atom. The molecule has 0 saturated heterocycles. The maximum Gasteiger partial charge on any atom is 0.435 e. The first-order chi connectivity index (χ1) is 15.3. The largest absolute Gasteiger partial charge is 0.435 e. The average molecular weight is 476 g/mol. The highest BCUT2D eigenvalue weighted by molar-refractivity contribution is 5.91. The number of carbonyl (C=O) groups excluding carboxylic acids is 1. The Morgan fingerprint density at radius 3 is 2.48 bits per heavy atom. The monoisotopic (exact) mass is 476 g/mol. The number of nitrogens with one attached hydrogen (secondary N) is 2. The second-order valence-electron chi connectivity index (χ2n) is 8.32. The van der Waals surface area contributed by atoms with Crippen LogP contribution in [-0.2, 0) is 29.9 Å². The van der Waals surface area contributed by atoms with Gasteiger partial charge in [0.2, 0.25) is 5.91 Å². The third-order valence-corrected chi connectivity index (χ3v) is 5.99. The van der Waals surface area contributed by atoms with Crippen LogP contribution in [0.1, 0.15) is 48.2 Å². The van der Waals surface area contributed by atoms with Crippen LogP contribution in [0, 0.1) is 23.0 Å².